The molecule has 2 aliphatic rings. The SMILES string of the molecule is O=C(NC1CC2CC1CC2(F)F)c1ccnc(-c2ccccc2)c1. The van der Waals surface area contributed by atoms with Crippen molar-refractivity contribution in [3.05, 3.63) is 54.2 Å². The summed E-state index contributed by atoms with van der Waals surface area (Å²) in [4.78, 5) is 16.8. The zero-order valence-electron chi connectivity index (χ0n) is 13.1. The first-order chi connectivity index (χ1) is 11.5. The number of halogens is 2. The summed E-state index contributed by atoms with van der Waals surface area (Å²) < 4.78 is 27.2. The van der Waals surface area contributed by atoms with Crippen molar-refractivity contribution in [2.24, 2.45) is 11.8 Å². The van der Waals surface area contributed by atoms with Crippen LogP contribution >= 0.6 is 0 Å². The highest BCUT2D eigenvalue weighted by molar-refractivity contribution is 5.95. The predicted molar refractivity (Wildman–Crippen MR) is 86.7 cm³/mol. The molecule has 1 amide bonds. The number of carbonyl (C=O) groups is 1. The molecule has 2 aliphatic carbocycles. The van der Waals surface area contributed by atoms with Gasteiger partial charge in [0.1, 0.15) is 0 Å². The van der Waals surface area contributed by atoms with Crippen LogP contribution < -0.4 is 5.32 Å². The number of hydrogen-bond acceptors (Lipinski definition) is 2. The van der Waals surface area contributed by atoms with Gasteiger partial charge in [-0.2, -0.15) is 0 Å². The quantitative estimate of drug-likeness (QED) is 0.928. The minimum Gasteiger partial charge on any atom is -0.349 e. The van der Waals surface area contributed by atoms with Crippen LogP contribution in [0, 0.1) is 11.8 Å². The summed E-state index contributed by atoms with van der Waals surface area (Å²) in [5, 5.41) is 2.94. The third-order valence-electron chi connectivity index (χ3n) is 5.23. The van der Waals surface area contributed by atoms with Gasteiger partial charge in [0.2, 0.25) is 0 Å². The molecule has 0 saturated heterocycles. The molecule has 2 saturated carbocycles. The van der Waals surface area contributed by atoms with Crippen LogP contribution in [0.3, 0.4) is 0 Å². The molecule has 3 unspecified atom stereocenters. The number of amides is 1. The molecule has 4 rings (SSSR count). The number of aromatic nitrogens is 1. The summed E-state index contributed by atoms with van der Waals surface area (Å²) in [5.41, 5.74) is 2.17. The van der Waals surface area contributed by atoms with Crippen molar-refractivity contribution in [1.82, 2.24) is 10.3 Å². The van der Waals surface area contributed by atoms with E-state index in [4.69, 9.17) is 0 Å². The van der Waals surface area contributed by atoms with E-state index in [0.29, 0.717) is 18.4 Å². The molecule has 3 atom stereocenters. The molecule has 1 aromatic carbocycles. The Morgan fingerprint density at radius 1 is 1.17 bits per heavy atom. The Morgan fingerprint density at radius 2 is 1.96 bits per heavy atom. The summed E-state index contributed by atoms with van der Waals surface area (Å²) >= 11 is 0. The van der Waals surface area contributed by atoms with E-state index in [1.54, 1.807) is 18.3 Å². The molecule has 1 aromatic heterocycles. The lowest BCUT2D eigenvalue weighted by Gasteiger charge is -2.28. The van der Waals surface area contributed by atoms with Crippen molar-refractivity contribution in [2.45, 2.75) is 31.2 Å². The van der Waals surface area contributed by atoms with Crippen LogP contribution in [0.1, 0.15) is 29.6 Å². The summed E-state index contributed by atoms with van der Waals surface area (Å²) in [6.45, 7) is 0. The predicted octanol–water partition coefficient (Wildman–Crippen LogP) is 3.91. The van der Waals surface area contributed by atoms with Crippen molar-refractivity contribution in [2.75, 3.05) is 0 Å². The highest BCUT2D eigenvalue weighted by Gasteiger charge is 2.56. The Kier molecular flexibility index (Phi) is 3.59. The molecule has 2 bridgehead atoms. The minimum absolute atomic E-state index is 0.103. The van der Waals surface area contributed by atoms with E-state index < -0.39 is 11.8 Å². The van der Waals surface area contributed by atoms with Crippen molar-refractivity contribution < 1.29 is 13.6 Å². The zero-order valence-corrected chi connectivity index (χ0v) is 13.1. The van der Waals surface area contributed by atoms with E-state index >= 15 is 0 Å². The number of nitrogens with one attached hydrogen (secondary N) is 1. The number of alkyl halides is 2. The van der Waals surface area contributed by atoms with Crippen LogP contribution in [-0.2, 0) is 0 Å². The van der Waals surface area contributed by atoms with Gasteiger partial charge in [0.15, 0.2) is 0 Å². The molecule has 0 spiro atoms. The minimum atomic E-state index is -2.55. The van der Waals surface area contributed by atoms with Crippen LogP contribution in [-0.4, -0.2) is 22.9 Å². The zero-order chi connectivity index (χ0) is 16.7. The van der Waals surface area contributed by atoms with Crippen LogP contribution in [0.5, 0.6) is 0 Å². The van der Waals surface area contributed by atoms with Crippen LogP contribution in [0.4, 0.5) is 8.78 Å². The topological polar surface area (TPSA) is 42.0 Å². The lowest BCUT2D eigenvalue weighted by atomic mass is 9.92. The Bertz CT molecular complexity index is 763. The number of hydrogen-bond donors (Lipinski definition) is 1. The van der Waals surface area contributed by atoms with Gasteiger partial charge in [0.05, 0.1) is 5.69 Å². The molecule has 1 heterocycles. The summed E-state index contributed by atoms with van der Waals surface area (Å²) in [6, 6.07) is 12.9. The normalized spacial score (nSPS) is 27.2. The lowest BCUT2D eigenvalue weighted by Crippen LogP contribution is -2.42. The van der Waals surface area contributed by atoms with Gasteiger partial charge < -0.3 is 5.32 Å². The van der Waals surface area contributed by atoms with E-state index in [9.17, 15) is 13.6 Å². The summed E-state index contributed by atoms with van der Waals surface area (Å²) in [6.07, 6.45) is 2.39. The van der Waals surface area contributed by atoms with Gasteiger partial charge in [-0.05, 0) is 30.9 Å². The third-order valence-corrected chi connectivity index (χ3v) is 5.23. The number of pyridine rings is 1. The molecule has 3 nitrogen and oxygen atoms in total. The van der Waals surface area contributed by atoms with Gasteiger partial charge in [-0.25, -0.2) is 8.78 Å². The summed E-state index contributed by atoms with van der Waals surface area (Å²) in [5.74, 6) is -3.45. The smallest absolute Gasteiger partial charge is 0.251 e. The molecule has 0 aliphatic heterocycles. The lowest BCUT2D eigenvalue weighted by molar-refractivity contribution is -0.0561. The molecule has 5 heteroatoms. The second-order valence-corrected chi connectivity index (χ2v) is 6.77. The Labute approximate surface area is 139 Å². The molecular formula is C19H18F2N2O. The van der Waals surface area contributed by atoms with E-state index in [1.807, 2.05) is 30.3 Å². The van der Waals surface area contributed by atoms with Crippen molar-refractivity contribution in [3.8, 4) is 11.3 Å². The highest BCUT2D eigenvalue weighted by atomic mass is 19.3. The standard InChI is InChI=1S/C19H18F2N2O/c20-19(21)11-14-8-15(19)10-17(14)23-18(24)13-6-7-22-16(9-13)12-4-2-1-3-5-12/h1-7,9,14-15,17H,8,10-11H2,(H,23,24). The molecule has 124 valence electrons. The van der Waals surface area contributed by atoms with E-state index in [1.165, 1.54) is 0 Å². The average molecular weight is 328 g/mol. The number of nitrogens with zero attached hydrogens (tertiary/aromatic N) is 1. The van der Waals surface area contributed by atoms with Crippen molar-refractivity contribution in [3.63, 3.8) is 0 Å². The van der Waals surface area contributed by atoms with Gasteiger partial charge in [0, 0.05) is 35.7 Å². The second-order valence-electron chi connectivity index (χ2n) is 6.77. The van der Waals surface area contributed by atoms with Gasteiger partial charge in [0.25, 0.3) is 11.8 Å². The second kappa shape index (κ2) is 5.65. The van der Waals surface area contributed by atoms with E-state index in [2.05, 4.69) is 10.3 Å². The van der Waals surface area contributed by atoms with Crippen LogP contribution in [0.25, 0.3) is 11.3 Å². The van der Waals surface area contributed by atoms with E-state index in [-0.39, 0.29) is 24.3 Å². The van der Waals surface area contributed by atoms with Gasteiger partial charge in [-0.1, -0.05) is 30.3 Å². The van der Waals surface area contributed by atoms with Gasteiger partial charge in [-0.15, -0.1) is 0 Å². The van der Waals surface area contributed by atoms with Crippen molar-refractivity contribution >= 4 is 5.91 Å². The maximum absolute atomic E-state index is 13.6. The van der Waals surface area contributed by atoms with Gasteiger partial charge >= 0.3 is 0 Å². The first-order valence-corrected chi connectivity index (χ1v) is 8.23. The Balaban J connectivity index is 1.48. The molecule has 1 N–H and O–H groups in total. The fourth-order valence-electron chi connectivity index (χ4n) is 3.98. The van der Waals surface area contributed by atoms with Crippen molar-refractivity contribution in [1.29, 1.82) is 0 Å². The average Bonchev–Trinajstić information content (AvgIpc) is 3.11. The van der Waals surface area contributed by atoms with Crippen LogP contribution in [0.2, 0.25) is 0 Å². The van der Waals surface area contributed by atoms with E-state index in [0.717, 1.165) is 11.3 Å². The number of carbonyl (C=O) groups excluding carboxylic acids is 1. The largest absolute Gasteiger partial charge is 0.349 e. The Hall–Kier alpha value is -2.30. The van der Waals surface area contributed by atoms with Gasteiger partial charge in [-0.3, -0.25) is 9.78 Å². The summed E-state index contributed by atoms with van der Waals surface area (Å²) in [7, 11) is 0. The third kappa shape index (κ3) is 2.68. The Morgan fingerprint density at radius 3 is 2.62 bits per heavy atom. The number of fused-ring (bicyclic) bond motifs is 2. The number of rotatable bonds is 3. The highest BCUT2D eigenvalue weighted by Crippen LogP contribution is 2.53. The first-order valence-electron chi connectivity index (χ1n) is 8.23. The molecule has 2 aromatic rings. The molecule has 24 heavy (non-hydrogen) atoms. The first kappa shape index (κ1) is 15.2. The number of benzene rings is 1. The monoisotopic (exact) mass is 328 g/mol. The fourth-order valence-corrected chi connectivity index (χ4v) is 3.98. The maximum Gasteiger partial charge on any atom is 0.251 e. The van der Waals surface area contributed by atoms with Crippen LogP contribution in [0.15, 0.2) is 48.7 Å². The molecule has 2 fully saturated rings. The molecule has 0 radical (unpaired) electrons. The molecular weight excluding hydrogens is 310 g/mol. The fraction of sp³-hybridized carbons (Fsp3) is 0.368. The maximum atomic E-state index is 13.6.